The molecule has 2 aromatic rings. The van der Waals surface area contributed by atoms with E-state index in [2.05, 4.69) is 9.97 Å². The largest absolute Gasteiger partial charge is 0.477 e. The molecule has 4 nitrogen and oxygen atoms in total. The van der Waals surface area contributed by atoms with E-state index in [0.717, 1.165) is 0 Å². The molecule has 124 valence electrons. The van der Waals surface area contributed by atoms with E-state index in [1.165, 1.54) is 29.2 Å². The molecule has 1 aromatic heterocycles. The summed E-state index contributed by atoms with van der Waals surface area (Å²) < 4.78 is 56.9. The first-order chi connectivity index (χ1) is 10.8. The summed E-state index contributed by atoms with van der Waals surface area (Å²) in [5, 5.41) is 0. The van der Waals surface area contributed by atoms with Gasteiger partial charge in [-0.2, -0.15) is 18.2 Å². The number of rotatable bonds is 5. The Bertz CT molecular complexity index is 659. The summed E-state index contributed by atoms with van der Waals surface area (Å²) in [6, 6.07) is 5.43. The number of benzene rings is 1. The lowest BCUT2D eigenvalue weighted by Gasteiger charge is -2.19. The zero-order valence-electron chi connectivity index (χ0n) is 12.6. The van der Waals surface area contributed by atoms with Gasteiger partial charge in [-0.05, 0) is 30.7 Å². The first kappa shape index (κ1) is 17.0. The molecule has 0 saturated heterocycles. The molecule has 1 aromatic carbocycles. The van der Waals surface area contributed by atoms with Crippen molar-refractivity contribution < 1.29 is 22.3 Å². The van der Waals surface area contributed by atoms with Gasteiger partial charge in [-0.25, -0.2) is 9.37 Å². The molecule has 0 aliphatic rings. The number of hydrogen-bond donors (Lipinski definition) is 0. The molecule has 1 heterocycles. The first-order valence-electron chi connectivity index (χ1n) is 6.89. The number of nitrogens with zero attached hydrogens (tertiary/aromatic N) is 3. The van der Waals surface area contributed by atoms with Gasteiger partial charge in [0.05, 0.1) is 6.61 Å². The van der Waals surface area contributed by atoms with Crippen LogP contribution in [0.1, 0.15) is 18.9 Å². The molecule has 8 heteroatoms. The predicted molar refractivity (Wildman–Crippen MR) is 77.3 cm³/mol. The molecule has 0 amide bonds. The molecule has 0 bridgehead atoms. The normalized spacial score (nSPS) is 11.4. The molecule has 0 N–H and O–H groups in total. The Kier molecular flexibility index (Phi) is 5.02. The quantitative estimate of drug-likeness (QED) is 0.771. The van der Waals surface area contributed by atoms with Crippen LogP contribution in [0.4, 0.5) is 29.2 Å². The molecule has 0 aliphatic carbocycles. The Hall–Kier alpha value is -2.38. The Morgan fingerprint density at radius 1 is 1.17 bits per heavy atom. The molecule has 0 spiro atoms. The minimum atomic E-state index is -4.60. The lowest BCUT2D eigenvalue weighted by Crippen LogP contribution is -2.17. The molecule has 0 aliphatic heterocycles. The van der Waals surface area contributed by atoms with Crippen molar-refractivity contribution in [2.45, 2.75) is 19.5 Å². The van der Waals surface area contributed by atoms with Crippen LogP contribution in [0.5, 0.6) is 5.88 Å². The van der Waals surface area contributed by atoms with Crippen LogP contribution in [0.25, 0.3) is 0 Å². The third-order valence-electron chi connectivity index (χ3n) is 3.00. The van der Waals surface area contributed by atoms with Gasteiger partial charge in [0.15, 0.2) is 0 Å². The van der Waals surface area contributed by atoms with Crippen molar-refractivity contribution in [3.05, 3.63) is 41.8 Å². The maximum absolute atomic E-state index is 13.0. The topological polar surface area (TPSA) is 38.2 Å². The summed E-state index contributed by atoms with van der Waals surface area (Å²) in [5.74, 6) is -0.906. The fourth-order valence-electron chi connectivity index (χ4n) is 1.80. The first-order valence-corrected chi connectivity index (χ1v) is 6.89. The van der Waals surface area contributed by atoms with Crippen LogP contribution in [0.15, 0.2) is 30.5 Å². The highest BCUT2D eigenvalue weighted by molar-refractivity contribution is 5.56. The lowest BCUT2D eigenvalue weighted by atomic mass is 10.3. The van der Waals surface area contributed by atoms with Crippen LogP contribution in [-0.4, -0.2) is 23.6 Å². The van der Waals surface area contributed by atoms with E-state index in [1.807, 2.05) is 0 Å². The van der Waals surface area contributed by atoms with Crippen molar-refractivity contribution in [3.8, 4) is 5.88 Å². The zero-order chi connectivity index (χ0) is 17.0. The summed E-state index contributed by atoms with van der Waals surface area (Å²) in [5.41, 5.74) is -0.491. The van der Waals surface area contributed by atoms with E-state index in [4.69, 9.17) is 4.74 Å². The van der Waals surface area contributed by atoms with Crippen molar-refractivity contribution in [2.24, 2.45) is 0 Å². The molecule has 0 fully saturated rings. The van der Waals surface area contributed by atoms with Crippen molar-refractivity contribution in [1.29, 1.82) is 0 Å². The highest BCUT2D eigenvalue weighted by Crippen LogP contribution is 2.36. The Morgan fingerprint density at radius 2 is 1.83 bits per heavy atom. The predicted octanol–water partition coefficient (Wildman–Crippen LogP) is 4.19. The monoisotopic (exact) mass is 329 g/mol. The van der Waals surface area contributed by atoms with E-state index in [-0.39, 0.29) is 12.6 Å². The van der Waals surface area contributed by atoms with Crippen molar-refractivity contribution in [2.75, 3.05) is 18.6 Å². The van der Waals surface area contributed by atoms with Gasteiger partial charge in [0.25, 0.3) is 0 Å². The van der Waals surface area contributed by atoms with Gasteiger partial charge in [-0.3, -0.25) is 0 Å². The van der Waals surface area contributed by atoms with Crippen LogP contribution in [-0.2, 0) is 6.18 Å². The highest BCUT2D eigenvalue weighted by Gasteiger charge is 2.36. The van der Waals surface area contributed by atoms with E-state index in [0.29, 0.717) is 18.3 Å². The second-order valence-electron chi connectivity index (χ2n) is 4.77. The van der Waals surface area contributed by atoms with Crippen LogP contribution < -0.4 is 9.64 Å². The van der Waals surface area contributed by atoms with Crippen molar-refractivity contribution in [1.82, 2.24) is 9.97 Å². The maximum atomic E-state index is 13.0. The standard InChI is InChI=1S/C15H15F4N3O/c1-3-8-23-13-12(15(17,18)19)9-20-14(21-13)22(2)11-6-4-10(16)5-7-11/h4-7,9H,3,8H2,1-2H3. The minimum Gasteiger partial charge on any atom is -0.477 e. The highest BCUT2D eigenvalue weighted by atomic mass is 19.4. The summed E-state index contributed by atoms with van der Waals surface area (Å²) in [6.07, 6.45) is -3.37. The zero-order valence-corrected chi connectivity index (χ0v) is 12.6. The van der Waals surface area contributed by atoms with Crippen LogP contribution in [0, 0.1) is 5.82 Å². The van der Waals surface area contributed by atoms with Gasteiger partial charge in [0.2, 0.25) is 11.8 Å². The molecule has 23 heavy (non-hydrogen) atoms. The Morgan fingerprint density at radius 3 is 2.39 bits per heavy atom. The second-order valence-corrected chi connectivity index (χ2v) is 4.77. The molecule has 2 rings (SSSR count). The smallest absolute Gasteiger partial charge is 0.423 e. The number of anilines is 2. The van der Waals surface area contributed by atoms with E-state index in [1.54, 1.807) is 14.0 Å². The Labute approximate surface area is 130 Å². The molecular weight excluding hydrogens is 314 g/mol. The molecule has 0 radical (unpaired) electrons. The number of aromatic nitrogens is 2. The Balaban J connectivity index is 2.37. The summed E-state index contributed by atoms with van der Waals surface area (Å²) in [6.45, 7) is 1.89. The third-order valence-corrected chi connectivity index (χ3v) is 3.00. The van der Waals surface area contributed by atoms with Gasteiger partial charge in [-0.15, -0.1) is 0 Å². The van der Waals surface area contributed by atoms with E-state index < -0.39 is 23.4 Å². The van der Waals surface area contributed by atoms with E-state index >= 15 is 0 Å². The minimum absolute atomic E-state index is 0.0238. The van der Waals surface area contributed by atoms with Gasteiger partial charge >= 0.3 is 6.18 Å². The number of hydrogen-bond acceptors (Lipinski definition) is 4. The average molecular weight is 329 g/mol. The van der Waals surface area contributed by atoms with Gasteiger partial charge < -0.3 is 9.64 Å². The second kappa shape index (κ2) is 6.80. The third kappa shape index (κ3) is 4.08. The average Bonchev–Trinajstić information content (AvgIpc) is 2.51. The van der Waals surface area contributed by atoms with Crippen molar-refractivity contribution >= 4 is 11.6 Å². The fourth-order valence-corrected chi connectivity index (χ4v) is 1.80. The summed E-state index contributed by atoms with van der Waals surface area (Å²) >= 11 is 0. The maximum Gasteiger partial charge on any atom is 0.423 e. The van der Waals surface area contributed by atoms with Crippen LogP contribution >= 0.6 is 0 Å². The molecule has 0 saturated carbocycles. The fraction of sp³-hybridized carbons (Fsp3) is 0.333. The summed E-state index contributed by atoms with van der Waals surface area (Å²) in [4.78, 5) is 9.03. The number of halogens is 4. The molecular formula is C15H15F4N3O. The molecule has 0 unspecified atom stereocenters. The van der Waals surface area contributed by atoms with E-state index in [9.17, 15) is 17.6 Å². The van der Waals surface area contributed by atoms with Gasteiger partial charge in [0.1, 0.15) is 11.4 Å². The van der Waals surface area contributed by atoms with Crippen LogP contribution in [0.2, 0.25) is 0 Å². The number of alkyl halides is 3. The van der Waals surface area contributed by atoms with Gasteiger partial charge in [0, 0.05) is 18.9 Å². The number of ether oxygens (including phenoxy) is 1. The van der Waals surface area contributed by atoms with Crippen LogP contribution in [0.3, 0.4) is 0 Å². The summed E-state index contributed by atoms with van der Waals surface area (Å²) in [7, 11) is 1.57. The van der Waals surface area contributed by atoms with Gasteiger partial charge in [-0.1, -0.05) is 6.92 Å². The molecule has 0 atom stereocenters. The lowest BCUT2D eigenvalue weighted by molar-refractivity contribution is -0.139. The van der Waals surface area contributed by atoms with Crippen molar-refractivity contribution in [3.63, 3.8) is 0 Å². The SMILES string of the molecule is CCCOc1nc(N(C)c2ccc(F)cc2)ncc1C(F)(F)F.